The summed E-state index contributed by atoms with van der Waals surface area (Å²) in [6, 6.07) is 0. The average Bonchev–Trinajstić information content (AvgIpc) is 2.98. The number of carbonyl (C=O) groups excluding carboxylic acids is 2. The fourth-order valence-electron chi connectivity index (χ4n) is 5.33. The van der Waals surface area contributed by atoms with Crippen LogP contribution in [-0.4, -0.2) is 47.1 Å². The molecule has 0 spiro atoms. The molecule has 126 valence electrons. The molecule has 0 aromatic carbocycles. The minimum absolute atomic E-state index is 0.00549. The molecule has 2 aliphatic heterocycles. The van der Waals surface area contributed by atoms with Crippen LogP contribution in [0.3, 0.4) is 0 Å². The van der Waals surface area contributed by atoms with Crippen molar-refractivity contribution in [1.29, 1.82) is 0 Å². The van der Waals surface area contributed by atoms with Gasteiger partial charge in [-0.3, -0.25) is 4.79 Å². The van der Waals surface area contributed by atoms with Crippen molar-refractivity contribution in [2.75, 3.05) is 0 Å². The largest absolute Gasteiger partial charge is 0.462 e. The van der Waals surface area contributed by atoms with E-state index in [0.717, 1.165) is 0 Å². The van der Waals surface area contributed by atoms with Gasteiger partial charge in [0.25, 0.3) is 0 Å². The van der Waals surface area contributed by atoms with Gasteiger partial charge < -0.3 is 19.3 Å². The van der Waals surface area contributed by atoms with Crippen molar-refractivity contribution in [2.24, 2.45) is 17.3 Å². The Morgan fingerprint density at radius 3 is 2.78 bits per heavy atom. The first kappa shape index (κ1) is 15.1. The molecule has 4 rings (SSSR count). The van der Waals surface area contributed by atoms with Crippen LogP contribution in [0.2, 0.25) is 0 Å². The van der Waals surface area contributed by atoms with Crippen molar-refractivity contribution in [3.05, 3.63) is 12.2 Å². The van der Waals surface area contributed by atoms with E-state index in [1.54, 1.807) is 0 Å². The van der Waals surface area contributed by atoms with E-state index in [1.165, 1.54) is 6.92 Å². The van der Waals surface area contributed by atoms with Crippen molar-refractivity contribution in [3.63, 3.8) is 0 Å². The molecule has 2 heterocycles. The lowest BCUT2D eigenvalue weighted by atomic mass is 9.51. The maximum Gasteiger partial charge on any atom is 0.334 e. The minimum atomic E-state index is -0.584. The van der Waals surface area contributed by atoms with Crippen LogP contribution in [0.25, 0.3) is 0 Å². The van der Waals surface area contributed by atoms with E-state index in [9.17, 15) is 14.7 Å². The Kier molecular flexibility index (Phi) is 2.87. The van der Waals surface area contributed by atoms with Gasteiger partial charge in [-0.1, -0.05) is 13.5 Å². The molecule has 0 aromatic heterocycles. The first-order chi connectivity index (χ1) is 10.7. The third kappa shape index (κ3) is 1.82. The average molecular weight is 322 g/mol. The van der Waals surface area contributed by atoms with Crippen LogP contribution in [0.1, 0.15) is 33.6 Å². The molecule has 8 atom stereocenters. The maximum absolute atomic E-state index is 12.1. The van der Waals surface area contributed by atoms with Gasteiger partial charge in [-0.05, 0) is 13.3 Å². The van der Waals surface area contributed by atoms with Gasteiger partial charge in [0, 0.05) is 30.3 Å². The predicted octanol–water partition coefficient (Wildman–Crippen LogP) is 0.964. The summed E-state index contributed by atoms with van der Waals surface area (Å²) in [5.74, 6) is -1.34. The molecule has 0 radical (unpaired) electrons. The van der Waals surface area contributed by atoms with Gasteiger partial charge in [0.1, 0.15) is 12.2 Å². The smallest absolute Gasteiger partial charge is 0.334 e. The fraction of sp³-hybridized carbons (Fsp3) is 0.765. The lowest BCUT2D eigenvalue weighted by Gasteiger charge is -2.54. The highest BCUT2D eigenvalue weighted by Gasteiger charge is 2.75. The summed E-state index contributed by atoms with van der Waals surface area (Å²) in [6.45, 7) is 9.20. The van der Waals surface area contributed by atoms with E-state index in [4.69, 9.17) is 14.2 Å². The van der Waals surface area contributed by atoms with Crippen LogP contribution >= 0.6 is 0 Å². The Bertz CT molecular complexity index is 614. The van der Waals surface area contributed by atoms with Crippen LogP contribution in [-0.2, 0) is 23.8 Å². The number of epoxide rings is 1. The van der Waals surface area contributed by atoms with Crippen molar-refractivity contribution in [1.82, 2.24) is 0 Å². The van der Waals surface area contributed by atoms with Gasteiger partial charge in [0.2, 0.25) is 0 Å². The molecular formula is C17H22O6. The minimum Gasteiger partial charge on any atom is -0.462 e. The van der Waals surface area contributed by atoms with E-state index in [1.807, 2.05) is 13.8 Å². The molecule has 0 amide bonds. The molecule has 23 heavy (non-hydrogen) atoms. The normalized spacial score (nSPS) is 53.7. The second-order valence-electron chi connectivity index (χ2n) is 7.80. The van der Waals surface area contributed by atoms with Crippen molar-refractivity contribution in [2.45, 2.75) is 63.6 Å². The number of hydrogen-bond donors (Lipinski definition) is 1. The quantitative estimate of drug-likeness (QED) is 0.440. The van der Waals surface area contributed by atoms with Gasteiger partial charge in [-0.25, -0.2) is 4.79 Å². The van der Waals surface area contributed by atoms with Gasteiger partial charge in [-0.2, -0.15) is 0 Å². The number of ether oxygens (including phenoxy) is 3. The molecule has 6 nitrogen and oxygen atoms in total. The third-order valence-electron chi connectivity index (χ3n) is 6.45. The number of aliphatic hydroxyl groups excluding tert-OH is 1. The van der Waals surface area contributed by atoms with Gasteiger partial charge >= 0.3 is 11.9 Å². The van der Waals surface area contributed by atoms with Gasteiger partial charge in [-0.15, -0.1) is 0 Å². The number of esters is 2. The summed E-state index contributed by atoms with van der Waals surface area (Å²) >= 11 is 0. The summed E-state index contributed by atoms with van der Waals surface area (Å²) in [7, 11) is 0. The van der Waals surface area contributed by atoms with E-state index in [2.05, 4.69) is 6.58 Å². The van der Waals surface area contributed by atoms with Crippen molar-refractivity contribution < 1.29 is 28.9 Å². The van der Waals surface area contributed by atoms with Crippen LogP contribution in [0, 0.1) is 17.3 Å². The maximum atomic E-state index is 12.1. The van der Waals surface area contributed by atoms with Crippen LogP contribution in [0.4, 0.5) is 0 Å². The lowest BCUT2D eigenvalue weighted by molar-refractivity contribution is -0.189. The van der Waals surface area contributed by atoms with E-state index >= 15 is 0 Å². The molecule has 2 saturated carbocycles. The monoisotopic (exact) mass is 322 g/mol. The van der Waals surface area contributed by atoms with Crippen molar-refractivity contribution in [3.8, 4) is 0 Å². The second kappa shape index (κ2) is 4.36. The topological polar surface area (TPSA) is 85.4 Å². The lowest BCUT2D eigenvalue weighted by Crippen LogP contribution is -2.62. The molecule has 6 heteroatoms. The van der Waals surface area contributed by atoms with Crippen LogP contribution in [0.15, 0.2) is 12.2 Å². The summed E-state index contributed by atoms with van der Waals surface area (Å²) in [4.78, 5) is 23.6. The number of aliphatic hydroxyl groups is 1. The number of carbonyl (C=O) groups is 2. The number of fused-ring (bicyclic) bond motifs is 5. The molecule has 0 unspecified atom stereocenters. The zero-order chi connectivity index (χ0) is 16.7. The standard InChI is InChI=1S/C17H22O6/c1-7-12-9(21-8(2)18)6-16(3)10(19)5-11-17(4,23-11)14(16)13(12)22-15(7)20/h9-14,19H,1,5-6H2,2-4H3/t9-,10-,11+,12+,13+,14+,16-,17+/m0/s1. The second-order valence-corrected chi connectivity index (χ2v) is 7.80. The highest BCUT2D eigenvalue weighted by atomic mass is 16.6. The molecule has 0 aromatic rings. The summed E-state index contributed by atoms with van der Waals surface area (Å²) in [5.41, 5.74) is -0.583. The van der Waals surface area contributed by atoms with E-state index in [0.29, 0.717) is 18.4 Å². The van der Waals surface area contributed by atoms with Crippen LogP contribution in [0.5, 0.6) is 0 Å². The fourth-order valence-corrected chi connectivity index (χ4v) is 5.33. The summed E-state index contributed by atoms with van der Waals surface area (Å²) in [5, 5.41) is 10.7. The Morgan fingerprint density at radius 1 is 1.43 bits per heavy atom. The zero-order valence-electron chi connectivity index (χ0n) is 13.6. The highest BCUT2D eigenvalue weighted by molar-refractivity contribution is 5.91. The van der Waals surface area contributed by atoms with Crippen LogP contribution < -0.4 is 0 Å². The van der Waals surface area contributed by atoms with E-state index < -0.39 is 41.3 Å². The molecule has 2 aliphatic carbocycles. The van der Waals surface area contributed by atoms with E-state index in [-0.39, 0.29) is 17.9 Å². The Labute approximate surface area is 134 Å². The van der Waals surface area contributed by atoms with Gasteiger partial charge in [0.15, 0.2) is 0 Å². The molecule has 0 bridgehead atoms. The first-order valence-corrected chi connectivity index (χ1v) is 8.11. The van der Waals surface area contributed by atoms with Gasteiger partial charge in [0.05, 0.1) is 23.7 Å². The number of rotatable bonds is 1. The molecule has 2 saturated heterocycles. The highest BCUT2D eigenvalue weighted by Crippen LogP contribution is 2.65. The molecule has 4 fully saturated rings. The Morgan fingerprint density at radius 2 is 2.13 bits per heavy atom. The SMILES string of the molecule is C=C1C(=O)O[C@@H]2[C@H]1[C@@H](OC(C)=O)C[C@]1(C)[C@@H]2[C@]2(C)O[C@@H]2C[C@@H]1O. The third-order valence-corrected chi connectivity index (χ3v) is 6.45. The Hall–Kier alpha value is -1.40. The molecule has 1 N–H and O–H groups in total. The van der Waals surface area contributed by atoms with Crippen molar-refractivity contribution >= 4 is 11.9 Å². The zero-order valence-corrected chi connectivity index (χ0v) is 13.6. The summed E-state index contributed by atoms with van der Waals surface area (Å²) in [6.07, 6.45) is -0.535. The molecular weight excluding hydrogens is 300 g/mol. The molecule has 4 aliphatic rings. The summed E-state index contributed by atoms with van der Waals surface area (Å²) < 4.78 is 17.0. The number of hydrogen-bond acceptors (Lipinski definition) is 6. The first-order valence-electron chi connectivity index (χ1n) is 8.11. The Balaban J connectivity index is 1.78. The predicted molar refractivity (Wildman–Crippen MR) is 78.2 cm³/mol.